The summed E-state index contributed by atoms with van der Waals surface area (Å²) in [5.41, 5.74) is 0.192. The van der Waals surface area contributed by atoms with Crippen molar-refractivity contribution in [3.8, 4) is 0 Å². The van der Waals surface area contributed by atoms with Gasteiger partial charge in [-0.15, -0.1) is 0 Å². The third-order valence-electron chi connectivity index (χ3n) is 4.70. The minimum atomic E-state index is -3.92. The molecule has 0 radical (unpaired) electrons. The molecule has 1 heterocycles. The van der Waals surface area contributed by atoms with Crippen LogP contribution >= 0.6 is 0 Å². The number of rotatable bonds is 6. The molecule has 0 saturated carbocycles. The van der Waals surface area contributed by atoms with Gasteiger partial charge in [-0.2, -0.15) is 0 Å². The number of carbonyl (C=O) groups is 1. The SMILES string of the molecule is O=C(/C=C/c1ccccc1[N+](=O)[O-])N1CCCC(NS(=O)(=O)c2cccc(F)c2)C1. The minimum Gasteiger partial charge on any atom is -0.338 e. The van der Waals surface area contributed by atoms with Gasteiger partial charge in [0.15, 0.2) is 0 Å². The van der Waals surface area contributed by atoms with Crippen LogP contribution in [0.4, 0.5) is 10.1 Å². The molecule has 0 aromatic heterocycles. The first kappa shape index (κ1) is 21.6. The largest absolute Gasteiger partial charge is 0.338 e. The van der Waals surface area contributed by atoms with E-state index < -0.39 is 26.8 Å². The summed E-state index contributed by atoms with van der Waals surface area (Å²) >= 11 is 0. The lowest BCUT2D eigenvalue weighted by molar-refractivity contribution is -0.385. The Balaban J connectivity index is 1.67. The average Bonchev–Trinajstić information content (AvgIpc) is 2.72. The number of carbonyl (C=O) groups excluding carboxylic acids is 1. The number of piperidine rings is 1. The summed E-state index contributed by atoms with van der Waals surface area (Å²) in [5, 5.41) is 11.1. The van der Waals surface area contributed by atoms with Crippen molar-refractivity contribution in [1.29, 1.82) is 0 Å². The van der Waals surface area contributed by atoms with Gasteiger partial charge in [0.25, 0.3) is 5.69 Å². The minimum absolute atomic E-state index is 0.110. The molecule has 0 bridgehead atoms. The summed E-state index contributed by atoms with van der Waals surface area (Å²) in [7, 11) is -3.92. The molecular weight excluding hydrogens is 413 g/mol. The van der Waals surface area contributed by atoms with Crippen LogP contribution in [0.1, 0.15) is 18.4 Å². The molecule has 1 saturated heterocycles. The number of nitrogens with zero attached hydrogens (tertiary/aromatic N) is 2. The highest BCUT2D eigenvalue weighted by molar-refractivity contribution is 7.89. The number of para-hydroxylation sites is 1. The van der Waals surface area contributed by atoms with Crippen molar-refractivity contribution in [3.63, 3.8) is 0 Å². The highest BCUT2D eigenvalue weighted by atomic mass is 32.2. The van der Waals surface area contributed by atoms with Crippen LogP contribution in [0.2, 0.25) is 0 Å². The first-order chi connectivity index (χ1) is 14.3. The van der Waals surface area contributed by atoms with Crippen molar-refractivity contribution in [2.75, 3.05) is 13.1 Å². The summed E-state index contributed by atoms with van der Waals surface area (Å²) < 4.78 is 40.8. The Labute approximate surface area is 173 Å². The van der Waals surface area contributed by atoms with E-state index in [1.807, 2.05) is 0 Å². The Morgan fingerprint density at radius 3 is 2.73 bits per heavy atom. The van der Waals surface area contributed by atoms with Gasteiger partial charge in [0.1, 0.15) is 5.82 Å². The molecule has 1 unspecified atom stereocenters. The summed E-state index contributed by atoms with van der Waals surface area (Å²) in [6.45, 7) is 0.590. The number of benzene rings is 2. The number of sulfonamides is 1. The number of amides is 1. The van der Waals surface area contributed by atoms with Gasteiger partial charge in [0.2, 0.25) is 15.9 Å². The van der Waals surface area contributed by atoms with Crippen molar-refractivity contribution < 1.29 is 22.5 Å². The van der Waals surface area contributed by atoms with Gasteiger partial charge in [0.05, 0.1) is 15.4 Å². The second-order valence-electron chi connectivity index (χ2n) is 6.85. The zero-order valence-electron chi connectivity index (χ0n) is 15.9. The maximum Gasteiger partial charge on any atom is 0.276 e. The Bertz CT molecular complexity index is 1090. The van der Waals surface area contributed by atoms with Crippen LogP contribution < -0.4 is 4.72 Å². The van der Waals surface area contributed by atoms with Crippen molar-refractivity contribution >= 4 is 27.7 Å². The Morgan fingerprint density at radius 2 is 2.00 bits per heavy atom. The van der Waals surface area contributed by atoms with Crippen LogP contribution in [0.25, 0.3) is 6.08 Å². The number of halogens is 1. The molecule has 1 amide bonds. The van der Waals surface area contributed by atoms with E-state index >= 15 is 0 Å². The molecule has 0 spiro atoms. The topological polar surface area (TPSA) is 110 Å². The Kier molecular flexibility index (Phi) is 6.58. The van der Waals surface area contributed by atoms with Crippen molar-refractivity contribution in [2.45, 2.75) is 23.8 Å². The smallest absolute Gasteiger partial charge is 0.276 e. The van der Waals surface area contributed by atoms with Gasteiger partial charge in [-0.25, -0.2) is 17.5 Å². The first-order valence-corrected chi connectivity index (χ1v) is 10.7. The lowest BCUT2D eigenvalue weighted by atomic mass is 10.1. The molecule has 1 fully saturated rings. The predicted molar refractivity (Wildman–Crippen MR) is 108 cm³/mol. The molecule has 2 aromatic carbocycles. The van der Waals surface area contributed by atoms with Crippen LogP contribution in [-0.4, -0.2) is 43.3 Å². The Morgan fingerprint density at radius 1 is 1.23 bits per heavy atom. The maximum atomic E-state index is 13.4. The highest BCUT2D eigenvalue weighted by Crippen LogP contribution is 2.20. The van der Waals surface area contributed by atoms with Crippen LogP contribution in [0, 0.1) is 15.9 Å². The first-order valence-electron chi connectivity index (χ1n) is 9.24. The second-order valence-corrected chi connectivity index (χ2v) is 8.57. The summed E-state index contributed by atoms with van der Waals surface area (Å²) in [6, 6.07) is 10.2. The van der Waals surface area contributed by atoms with Crippen molar-refractivity contribution in [3.05, 3.63) is 76.1 Å². The highest BCUT2D eigenvalue weighted by Gasteiger charge is 2.27. The van der Waals surface area contributed by atoms with Crippen LogP contribution in [0.3, 0.4) is 0 Å². The van der Waals surface area contributed by atoms with Crippen LogP contribution in [0.5, 0.6) is 0 Å². The lowest BCUT2D eigenvalue weighted by Crippen LogP contribution is -2.49. The van der Waals surface area contributed by atoms with E-state index in [1.54, 1.807) is 6.07 Å². The van der Waals surface area contributed by atoms with Gasteiger partial charge in [-0.05, 0) is 43.2 Å². The summed E-state index contributed by atoms with van der Waals surface area (Å²) in [4.78, 5) is 24.4. The molecular formula is C20H20FN3O5S. The zero-order valence-corrected chi connectivity index (χ0v) is 16.7. The maximum absolute atomic E-state index is 13.4. The van der Waals surface area contributed by atoms with Gasteiger partial charge in [-0.3, -0.25) is 14.9 Å². The lowest BCUT2D eigenvalue weighted by Gasteiger charge is -2.32. The normalized spacial score (nSPS) is 17.2. The van der Waals surface area contributed by atoms with Crippen LogP contribution in [-0.2, 0) is 14.8 Å². The van der Waals surface area contributed by atoms with E-state index in [0.717, 1.165) is 12.1 Å². The molecule has 8 nitrogen and oxygen atoms in total. The quantitative estimate of drug-likeness (QED) is 0.428. The summed E-state index contributed by atoms with van der Waals surface area (Å²) in [6.07, 6.45) is 3.74. The monoisotopic (exact) mass is 433 g/mol. The standard InChI is InChI=1S/C20H20FN3O5S/c21-16-6-3-8-18(13-16)30(28,29)22-17-7-4-12-23(14-17)20(25)11-10-15-5-1-2-9-19(15)24(26)27/h1-3,5-6,8-11,13,17,22H,4,7,12,14H2/b11-10+. The molecule has 2 aromatic rings. The molecule has 3 rings (SSSR count). The third-order valence-corrected chi connectivity index (χ3v) is 6.22. The fourth-order valence-corrected chi connectivity index (χ4v) is 4.55. The predicted octanol–water partition coefficient (Wildman–Crippen LogP) is 2.72. The van der Waals surface area contributed by atoms with E-state index in [9.17, 15) is 27.7 Å². The fourth-order valence-electron chi connectivity index (χ4n) is 3.26. The van der Waals surface area contributed by atoms with Gasteiger partial charge < -0.3 is 4.90 Å². The fraction of sp³-hybridized carbons (Fsp3) is 0.250. The van der Waals surface area contributed by atoms with Crippen LogP contribution in [0.15, 0.2) is 59.5 Å². The van der Waals surface area contributed by atoms with Gasteiger partial charge in [-0.1, -0.05) is 18.2 Å². The number of nitro benzene ring substituents is 1. The van der Waals surface area contributed by atoms with Gasteiger partial charge >= 0.3 is 0 Å². The summed E-state index contributed by atoms with van der Waals surface area (Å²) in [5.74, 6) is -1.03. The molecule has 1 atom stereocenters. The number of likely N-dealkylation sites (tertiary alicyclic amines) is 1. The van der Waals surface area contributed by atoms with E-state index in [4.69, 9.17) is 0 Å². The number of nitrogens with one attached hydrogen (secondary N) is 1. The molecule has 0 aliphatic carbocycles. The second kappa shape index (κ2) is 9.14. The average molecular weight is 433 g/mol. The van der Waals surface area contributed by atoms with Gasteiger partial charge in [0, 0.05) is 31.3 Å². The molecule has 1 aliphatic rings. The van der Waals surface area contributed by atoms with E-state index in [0.29, 0.717) is 24.9 Å². The van der Waals surface area contributed by atoms with E-state index in [2.05, 4.69) is 4.72 Å². The number of hydrogen-bond acceptors (Lipinski definition) is 5. The molecule has 10 heteroatoms. The zero-order chi connectivity index (χ0) is 21.7. The molecule has 1 N–H and O–H groups in total. The van der Waals surface area contributed by atoms with Crippen molar-refractivity contribution in [2.24, 2.45) is 0 Å². The third kappa shape index (κ3) is 5.28. The molecule has 1 aliphatic heterocycles. The molecule has 158 valence electrons. The number of nitro groups is 1. The van der Waals surface area contributed by atoms with Crippen molar-refractivity contribution in [1.82, 2.24) is 9.62 Å². The van der Waals surface area contributed by atoms with E-state index in [1.165, 1.54) is 47.4 Å². The number of hydrogen-bond donors (Lipinski definition) is 1. The van der Waals surface area contributed by atoms with E-state index in [-0.39, 0.29) is 23.0 Å². The Hall–Kier alpha value is -3.11. The molecule has 30 heavy (non-hydrogen) atoms.